The van der Waals surface area contributed by atoms with E-state index in [0.717, 1.165) is 29.1 Å². The molecule has 6 heteroatoms. The molecule has 0 spiro atoms. The van der Waals surface area contributed by atoms with Gasteiger partial charge in [0.05, 0.1) is 17.8 Å². The summed E-state index contributed by atoms with van der Waals surface area (Å²) in [5.41, 5.74) is 2.98. The maximum Gasteiger partial charge on any atom is 0.303 e. The van der Waals surface area contributed by atoms with Gasteiger partial charge >= 0.3 is 5.97 Å². The summed E-state index contributed by atoms with van der Waals surface area (Å²) >= 11 is 0. The van der Waals surface area contributed by atoms with Crippen LogP contribution in [0.4, 0.5) is 25.8 Å². The fourth-order valence-electron chi connectivity index (χ4n) is 4.98. The van der Waals surface area contributed by atoms with Crippen molar-refractivity contribution in [1.29, 1.82) is 0 Å². The fraction of sp³-hybridized carbons (Fsp3) is 0.519. The number of carboxylic acids is 1. The summed E-state index contributed by atoms with van der Waals surface area (Å²) in [6, 6.07) is 9.95. The molecule has 3 N–H and O–H groups in total. The van der Waals surface area contributed by atoms with E-state index in [9.17, 15) is 18.7 Å². The number of carboxylic acid groups (broad SMARTS) is 1. The van der Waals surface area contributed by atoms with Gasteiger partial charge in [-0.25, -0.2) is 8.78 Å². The Kier molecular flexibility index (Phi) is 8.70. The van der Waals surface area contributed by atoms with Crippen LogP contribution in [0.2, 0.25) is 0 Å². The Hall–Kier alpha value is -2.63. The number of benzene rings is 2. The van der Waals surface area contributed by atoms with Crippen LogP contribution in [-0.4, -0.2) is 17.1 Å². The molecule has 0 radical (unpaired) electrons. The highest BCUT2D eigenvalue weighted by molar-refractivity contribution is 5.76. The molecule has 3 rings (SSSR count). The molecule has 0 saturated heterocycles. The predicted molar refractivity (Wildman–Crippen MR) is 130 cm³/mol. The Labute approximate surface area is 195 Å². The van der Waals surface area contributed by atoms with Gasteiger partial charge in [-0.3, -0.25) is 4.79 Å². The van der Waals surface area contributed by atoms with E-state index in [1.807, 2.05) is 25.1 Å². The number of hydrogen-bond acceptors (Lipinski definition) is 3. The monoisotopic (exact) mass is 458 g/mol. The normalized spacial score (nSPS) is 16.4. The number of nitrogens with one attached hydrogen (secondary N) is 2. The van der Waals surface area contributed by atoms with Gasteiger partial charge < -0.3 is 15.7 Å². The van der Waals surface area contributed by atoms with E-state index >= 15 is 0 Å². The van der Waals surface area contributed by atoms with Crippen molar-refractivity contribution >= 4 is 23.0 Å². The Morgan fingerprint density at radius 2 is 1.76 bits per heavy atom. The van der Waals surface area contributed by atoms with Gasteiger partial charge in [0, 0.05) is 17.8 Å². The van der Waals surface area contributed by atoms with Gasteiger partial charge in [0.25, 0.3) is 0 Å². The molecule has 0 heterocycles. The van der Waals surface area contributed by atoms with Crippen molar-refractivity contribution in [2.45, 2.75) is 77.7 Å². The van der Waals surface area contributed by atoms with Gasteiger partial charge in [0.2, 0.25) is 0 Å². The van der Waals surface area contributed by atoms with Crippen LogP contribution in [0.3, 0.4) is 0 Å². The van der Waals surface area contributed by atoms with Crippen molar-refractivity contribution in [2.24, 2.45) is 11.8 Å². The van der Waals surface area contributed by atoms with Gasteiger partial charge in [-0.1, -0.05) is 46.1 Å². The first kappa shape index (κ1) is 25.0. The van der Waals surface area contributed by atoms with Crippen molar-refractivity contribution in [1.82, 2.24) is 0 Å². The number of carbonyl (C=O) groups is 1. The van der Waals surface area contributed by atoms with E-state index in [2.05, 4.69) is 24.5 Å². The zero-order chi connectivity index (χ0) is 24.0. The first-order valence-electron chi connectivity index (χ1n) is 12.1. The quantitative estimate of drug-likeness (QED) is 0.341. The molecular formula is C27H36F2N2O2. The molecule has 1 aliphatic carbocycles. The molecule has 0 amide bonds. The van der Waals surface area contributed by atoms with Crippen molar-refractivity contribution in [3.8, 4) is 0 Å². The summed E-state index contributed by atoms with van der Waals surface area (Å²) in [5.74, 6) is -1.75. The predicted octanol–water partition coefficient (Wildman–Crippen LogP) is 7.69. The van der Waals surface area contributed by atoms with Crippen LogP contribution < -0.4 is 10.6 Å². The van der Waals surface area contributed by atoms with Gasteiger partial charge in [0.15, 0.2) is 11.6 Å². The highest BCUT2D eigenvalue weighted by Gasteiger charge is 2.27. The lowest BCUT2D eigenvalue weighted by molar-refractivity contribution is -0.137. The highest BCUT2D eigenvalue weighted by Crippen LogP contribution is 2.36. The summed E-state index contributed by atoms with van der Waals surface area (Å²) in [7, 11) is 0. The molecular weight excluding hydrogens is 422 g/mol. The van der Waals surface area contributed by atoms with Crippen LogP contribution in [0, 0.1) is 23.5 Å². The average molecular weight is 459 g/mol. The zero-order valence-electron chi connectivity index (χ0n) is 19.8. The molecule has 0 bridgehead atoms. The Balaban J connectivity index is 1.96. The summed E-state index contributed by atoms with van der Waals surface area (Å²) in [6.45, 7) is 6.42. The van der Waals surface area contributed by atoms with Crippen molar-refractivity contribution in [3.05, 3.63) is 53.6 Å². The van der Waals surface area contributed by atoms with E-state index in [0.29, 0.717) is 30.0 Å². The van der Waals surface area contributed by atoms with E-state index in [1.54, 1.807) is 0 Å². The molecule has 4 nitrogen and oxygen atoms in total. The third-order valence-corrected chi connectivity index (χ3v) is 6.83. The molecule has 2 aromatic carbocycles. The van der Waals surface area contributed by atoms with Crippen LogP contribution in [0.15, 0.2) is 36.4 Å². The standard InChI is InChI=1S/C27H36F2N2O2/c1-4-18(15-26(32)33)20-10-13-24(31-27(17(2)3)19-8-6-5-7-9-19)25(14-20)30-21-11-12-22(28)23(29)16-21/h10-14,16-19,27,30-31H,4-9,15H2,1-3H3,(H,32,33). The number of anilines is 3. The second kappa shape index (κ2) is 11.5. The zero-order valence-corrected chi connectivity index (χ0v) is 19.8. The fourth-order valence-corrected chi connectivity index (χ4v) is 4.98. The van der Waals surface area contributed by atoms with Crippen molar-refractivity contribution in [3.63, 3.8) is 0 Å². The Morgan fingerprint density at radius 3 is 2.36 bits per heavy atom. The third kappa shape index (κ3) is 6.68. The van der Waals surface area contributed by atoms with Crippen LogP contribution in [-0.2, 0) is 4.79 Å². The molecule has 1 fully saturated rings. The summed E-state index contributed by atoms with van der Waals surface area (Å²) < 4.78 is 27.3. The van der Waals surface area contributed by atoms with Gasteiger partial charge in [-0.15, -0.1) is 0 Å². The minimum Gasteiger partial charge on any atom is -0.481 e. The Morgan fingerprint density at radius 1 is 1.03 bits per heavy atom. The van der Waals surface area contributed by atoms with Crippen LogP contribution in [0.25, 0.3) is 0 Å². The maximum absolute atomic E-state index is 13.9. The molecule has 2 unspecified atom stereocenters. The summed E-state index contributed by atoms with van der Waals surface area (Å²) in [4.78, 5) is 11.3. The van der Waals surface area contributed by atoms with E-state index in [1.165, 1.54) is 38.2 Å². The number of rotatable bonds is 10. The molecule has 2 aromatic rings. The van der Waals surface area contributed by atoms with Crippen LogP contribution in [0.5, 0.6) is 0 Å². The molecule has 0 aliphatic heterocycles. The molecule has 180 valence electrons. The van der Waals surface area contributed by atoms with Gasteiger partial charge in [-0.2, -0.15) is 0 Å². The minimum absolute atomic E-state index is 0.0462. The molecule has 1 aliphatic rings. The first-order chi connectivity index (χ1) is 15.8. The topological polar surface area (TPSA) is 61.4 Å². The van der Waals surface area contributed by atoms with Crippen molar-refractivity contribution < 1.29 is 18.7 Å². The largest absolute Gasteiger partial charge is 0.481 e. The lowest BCUT2D eigenvalue weighted by atomic mass is 9.79. The molecule has 1 saturated carbocycles. The SMILES string of the molecule is CCC(CC(=O)O)c1ccc(NC(C(C)C)C2CCCCC2)c(Nc2ccc(F)c(F)c2)c1. The number of aliphatic carboxylic acids is 1. The molecule has 0 aromatic heterocycles. The number of hydrogen-bond donors (Lipinski definition) is 3. The lowest BCUT2D eigenvalue weighted by Gasteiger charge is -2.35. The highest BCUT2D eigenvalue weighted by atomic mass is 19.2. The molecule has 2 atom stereocenters. The smallest absolute Gasteiger partial charge is 0.303 e. The van der Waals surface area contributed by atoms with Gasteiger partial charge in [-0.05, 0) is 66.8 Å². The second-order valence-corrected chi connectivity index (χ2v) is 9.57. The maximum atomic E-state index is 13.9. The van der Waals surface area contributed by atoms with Gasteiger partial charge in [0.1, 0.15) is 0 Å². The first-order valence-corrected chi connectivity index (χ1v) is 12.1. The Bertz CT molecular complexity index is 942. The van der Waals surface area contributed by atoms with Crippen molar-refractivity contribution in [2.75, 3.05) is 10.6 Å². The summed E-state index contributed by atoms with van der Waals surface area (Å²) in [6.07, 6.45) is 6.95. The average Bonchev–Trinajstić information content (AvgIpc) is 2.79. The lowest BCUT2D eigenvalue weighted by Crippen LogP contribution is -2.35. The van der Waals surface area contributed by atoms with E-state index < -0.39 is 17.6 Å². The second-order valence-electron chi connectivity index (χ2n) is 9.57. The minimum atomic E-state index is -0.912. The third-order valence-electron chi connectivity index (χ3n) is 6.83. The van der Waals surface area contributed by atoms with Crippen LogP contribution in [0.1, 0.15) is 77.2 Å². The van der Waals surface area contributed by atoms with E-state index in [-0.39, 0.29) is 12.3 Å². The molecule has 33 heavy (non-hydrogen) atoms. The van der Waals surface area contributed by atoms with E-state index in [4.69, 9.17) is 0 Å². The van der Waals surface area contributed by atoms with Crippen LogP contribution >= 0.6 is 0 Å². The summed E-state index contributed by atoms with van der Waals surface area (Å²) in [5, 5.41) is 16.3. The number of halogens is 2.